The molecule has 2 nitrogen and oxygen atoms in total. The summed E-state index contributed by atoms with van der Waals surface area (Å²) in [6.07, 6.45) is 9.29. The highest BCUT2D eigenvalue weighted by Gasteiger charge is 2.36. The van der Waals surface area contributed by atoms with Gasteiger partial charge in [-0.1, -0.05) is 26.7 Å². The summed E-state index contributed by atoms with van der Waals surface area (Å²) in [5.41, 5.74) is 0. The van der Waals surface area contributed by atoms with Crippen molar-refractivity contribution in [3.63, 3.8) is 0 Å². The molecule has 0 amide bonds. The van der Waals surface area contributed by atoms with Crippen LogP contribution in [-0.2, 0) is 9.84 Å². The third kappa shape index (κ3) is 3.28. The monoisotopic (exact) mass is 272 g/mol. The van der Waals surface area contributed by atoms with Crippen LogP contribution in [0.4, 0.5) is 0 Å². The predicted molar refractivity (Wildman–Crippen MR) is 76.4 cm³/mol. The molecule has 18 heavy (non-hydrogen) atoms. The molecule has 0 aromatic carbocycles. The Hall–Kier alpha value is -0.0500. The fourth-order valence-corrected chi connectivity index (χ4v) is 6.05. The van der Waals surface area contributed by atoms with Gasteiger partial charge in [-0.2, -0.15) is 0 Å². The van der Waals surface area contributed by atoms with Crippen molar-refractivity contribution < 1.29 is 8.42 Å². The number of sulfone groups is 1. The van der Waals surface area contributed by atoms with Crippen molar-refractivity contribution in [2.24, 2.45) is 11.8 Å². The highest BCUT2D eigenvalue weighted by Crippen LogP contribution is 2.34. The summed E-state index contributed by atoms with van der Waals surface area (Å²) in [5, 5.41) is -0.0482. The van der Waals surface area contributed by atoms with E-state index in [1.54, 1.807) is 0 Å². The van der Waals surface area contributed by atoms with Crippen LogP contribution >= 0.6 is 0 Å². The van der Waals surface area contributed by atoms with Crippen LogP contribution in [0.15, 0.2) is 0 Å². The third-order valence-corrected chi connectivity index (χ3v) is 7.90. The van der Waals surface area contributed by atoms with E-state index < -0.39 is 9.84 Å². The average molecular weight is 272 g/mol. The SMILES string of the molecule is CC1CCCC(S(=O)(=O)C2CCC(C)CC2)CC1. The molecule has 0 aromatic rings. The van der Waals surface area contributed by atoms with Crippen molar-refractivity contribution >= 4 is 9.84 Å². The topological polar surface area (TPSA) is 34.1 Å². The molecule has 0 bridgehead atoms. The Bertz CT molecular complexity index is 353. The van der Waals surface area contributed by atoms with Gasteiger partial charge in [0.05, 0.1) is 10.5 Å². The van der Waals surface area contributed by atoms with Crippen molar-refractivity contribution in [2.45, 2.75) is 82.1 Å². The van der Waals surface area contributed by atoms with Crippen LogP contribution in [0.3, 0.4) is 0 Å². The standard InChI is InChI=1S/C15H28O2S/c1-12-4-3-5-14(9-6-12)18(16,17)15-10-7-13(2)8-11-15/h12-15H,3-11H2,1-2H3. The lowest BCUT2D eigenvalue weighted by atomic mass is 9.91. The Morgan fingerprint density at radius 2 is 1.11 bits per heavy atom. The zero-order valence-corrected chi connectivity index (χ0v) is 12.7. The van der Waals surface area contributed by atoms with Gasteiger partial charge in [0.25, 0.3) is 0 Å². The van der Waals surface area contributed by atoms with Gasteiger partial charge < -0.3 is 0 Å². The number of hydrogen-bond acceptors (Lipinski definition) is 2. The van der Waals surface area contributed by atoms with Crippen LogP contribution in [0, 0.1) is 11.8 Å². The fourth-order valence-electron chi connectivity index (χ4n) is 3.61. The van der Waals surface area contributed by atoms with Crippen LogP contribution < -0.4 is 0 Å². The molecule has 106 valence electrons. The molecule has 3 heteroatoms. The molecule has 2 aliphatic rings. The second-order valence-electron chi connectivity index (χ2n) is 6.71. The van der Waals surface area contributed by atoms with E-state index in [1.165, 1.54) is 6.42 Å². The maximum absolute atomic E-state index is 12.7. The predicted octanol–water partition coefficient (Wildman–Crippen LogP) is 3.95. The fraction of sp³-hybridized carbons (Fsp3) is 1.00. The molecule has 2 aliphatic carbocycles. The van der Waals surface area contributed by atoms with E-state index in [-0.39, 0.29) is 10.5 Å². The first kappa shape index (κ1) is 14.4. The van der Waals surface area contributed by atoms with Gasteiger partial charge in [-0.3, -0.25) is 0 Å². The summed E-state index contributed by atoms with van der Waals surface area (Å²) < 4.78 is 25.4. The molecular formula is C15H28O2S. The summed E-state index contributed by atoms with van der Waals surface area (Å²) in [5.74, 6) is 1.45. The summed E-state index contributed by atoms with van der Waals surface area (Å²) in [4.78, 5) is 0. The maximum atomic E-state index is 12.7. The largest absolute Gasteiger partial charge is 0.228 e. The minimum absolute atomic E-state index is 0.0212. The zero-order chi connectivity index (χ0) is 13.2. The maximum Gasteiger partial charge on any atom is 0.156 e. The van der Waals surface area contributed by atoms with Crippen molar-refractivity contribution in [3.05, 3.63) is 0 Å². The highest BCUT2D eigenvalue weighted by atomic mass is 32.2. The summed E-state index contributed by atoms with van der Waals surface area (Å²) in [7, 11) is -2.86. The molecule has 2 unspecified atom stereocenters. The Morgan fingerprint density at radius 1 is 0.667 bits per heavy atom. The summed E-state index contributed by atoms with van der Waals surface area (Å²) in [6, 6.07) is 0. The van der Waals surface area contributed by atoms with E-state index in [4.69, 9.17) is 0 Å². The Morgan fingerprint density at radius 3 is 1.67 bits per heavy atom. The van der Waals surface area contributed by atoms with Crippen LogP contribution in [0.5, 0.6) is 0 Å². The third-order valence-electron chi connectivity index (χ3n) is 5.10. The lowest BCUT2D eigenvalue weighted by Gasteiger charge is -2.29. The second kappa shape index (κ2) is 5.94. The minimum Gasteiger partial charge on any atom is -0.228 e. The van der Waals surface area contributed by atoms with Crippen molar-refractivity contribution in [2.75, 3.05) is 0 Å². The molecule has 2 atom stereocenters. The lowest BCUT2D eigenvalue weighted by Crippen LogP contribution is -2.34. The summed E-state index contributed by atoms with van der Waals surface area (Å²) >= 11 is 0. The number of rotatable bonds is 2. The molecule has 0 aliphatic heterocycles. The first-order chi connectivity index (χ1) is 8.50. The molecule has 0 radical (unpaired) electrons. The van der Waals surface area contributed by atoms with Crippen LogP contribution in [0.1, 0.15) is 71.6 Å². The van der Waals surface area contributed by atoms with Gasteiger partial charge in [0.2, 0.25) is 0 Å². The lowest BCUT2D eigenvalue weighted by molar-refractivity contribution is 0.379. The molecule has 0 N–H and O–H groups in total. The molecule has 0 spiro atoms. The average Bonchev–Trinajstić information content (AvgIpc) is 2.55. The highest BCUT2D eigenvalue weighted by molar-refractivity contribution is 7.92. The molecule has 2 saturated carbocycles. The van der Waals surface area contributed by atoms with Gasteiger partial charge in [0.1, 0.15) is 0 Å². The first-order valence-corrected chi connectivity index (χ1v) is 9.33. The smallest absolute Gasteiger partial charge is 0.156 e. The van der Waals surface area contributed by atoms with Crippen molar-refractivity contribution in [1.29, 1.82) is 0 Å². The molecule has 0 saturated heterocycles. The van der Waals surface area contributed by atoms with E-state index in [0.717, 1.165) is 63.2 Å². The van der Waals surface area contributed by atoms with Gasteiger partial charge >= 0.3 is 0 Å². The van der Waals surface area contributed by atoms with Crippen LogP contribution in [0.25, 0.3) is 0 Å². The van der Waals surface area contributed by atoms with E-state index in [9.17, 15) is 8.42 Å². The molecule has 0 heterocycles. The van der Waals surface area contributed by atoms with E-state index in [0.29, 0.717) is 0 Å². The van der Waals surface area contributed by atoms with E-state index in [1.807, 2.05) is 0 Å². The van der Waals surface area contributed by atoms with Gasteiger partial charge in [-0.05, 0) is 56.8 Å². The second-order valence-corrected chi connectivity index (χ2v) is 9.22. The summed E-state index contributed by atoms with van der Waals surface area (Å²) in [6.45, 7) is 4.51. The van der Waals surface area contributed by atoms with Gasteiger partial charge in [-0.15, -0.1) is 0 Å². The molecule has 2 rings (SSSR count). The van der Waals surface area contributed by atoms with E-state index in [2.05, 4.69) is 13.8 Å². The van der Waals surface area contributed by atoms with Crippen LogP contribution in [-0.4, -0.2) is 18.9 Å². The molecule has 0 aromatic heterocycles. The van der Waals surface area contributed by atoms with Gasteiger partial charge in [0.15, 0.2) is 9.84 Å². The Balaban J connectivity index is 2.01. The van der Waals surface area contributed by atoms with Gasteiger partial charge in [0, 0.05) is 0 Å². The van der Waals surface area contributed by atoms with Crippen molar-refractivity contribution in [1.82, 2.24) is 0 Å². The van der Waals surface area contributed by atoms with E-state index >= 15 is 0 Å². The quantitative estimate of drug-likeness (QED) is 0.713. The minimum atomic E-state index is -2.86. The first-order valence-electron chi connectivity index (χ1n) is 7.73. The normalized spacial score (nSPS) is 39.2. The molecular weight excluding hydrogens is 244 g/mol. The Labute approximate surface area is 112 Å². The number of hydrogen-bond donors (Lipinski definition) is 0. The van der Waals surface area contributed by atoms with Crippen molar-refractivity contribution in [3.8, 4) is 0 Å². The molecule has 2 fully saturated rings. The zero-order valence-electron chi connectivity index (χ0n) is 11.9. The van der Waals surface area contributed by atoms with Gasteiger partial charge in [-0.25, -0.2) is 8.42 Å². The van der Waals surface area contributed by atoms with Crippen LogP contribution in [0.2, 0.25) is 0 Å². The Kier molecular flexibility index (Phi) is 4.74.